The van der Waals surface area contributed by atoms with E-state index in [1.807, 2.05) is 0 Å². The molecule has 94 valence electrons. The molecule has 0 bridgehead atoms. The number of carbonyl (C=O) groups is 1. The molecule has 1 atom stereocenters. The minimum absolute atomic E-state index is 0.335. The van der Waals surface area contributed by atoms with Crippen LogP contribution in [0.5, 0.6) is 0 Å². The van der Waals surface area contributed by atoms with Crippen LogP contribution in [0.25, 0.3) is 6.08 Å². The molecule has 1 aromatic heterocycles. The first kappa shape index (κ1) is 13.5. The third-order valence-corrected chi connectivity index (χ3v) is 2.65. The number of esters is 1. The van der Waals surface area contributed by atoms with Gasteiger partial charge in [-0.15, -0.1) is 0 Å². The van der Waals surface area contributed by atoms with Crippen LogP contribution in [0.15, 0.2) is 28.9 Å². The monoisotopic (exact) mass is 238 g/mol. The van der Waals surface area contributed by atoms with Gasteiger partial charge in [0, 0.05) is 6.08 Å². The maximum atomic E-state index is 11.3. The maximum absolute atomic E-state index is 11.3. The van der Waals surface area contributed by atoms with E-state index in [0.717, 1.165) is 6.54 Å². The number of ether oxygens (including phenoxy) is 1. The Labute approximate surface area is 102 Å². The molecule has 0 amide bonds. The molecule has 0 aliphatic heterocycles. The highest BCUT2D eigenvalue weighted by Gasteiger charge is 2.07. The molecule has 0 aliphatic carbocycles. The Morgan fingerprint density at radius 1 is 1.59 bits per heavy atom. The summed E-state index contributed by atoms with van der Waals surface area (Å²) >= 11 is 0. The molecule has 17 heavy (non-hydrogen) atoms. The van der Waals surface area contributed by atoms with Crippen molar-refractivity contribution in [2.45, 2.75) is 19.9 Å². The lowest BCUT2D eigenvalue weighted by Gasteiger charge is -2.17. The Morgan fingerprint density at radius 3 is 2.94 bits per heavy atom. The predicted molar refractivity (Wildman–Crippen MR) is 65.6 cm³/mol. The molecule has 0 aromatic carbocycles. The van der Waals surface area contributed by atoms with E-state index < -0.39 is 0 Å². The van der Waals surface area contributed by atoms with E-state index in [4.69, 9.17) is 9.15 Å². The highest BCUT2D eigenvalue weighted by Crippen LogP contribution is 2.01. The van der Waals surface area contributed by atoms with Gasteiger partial charge in [0.25, 0.3) is 0 Å². The number of hydrogen-bond donors (Lipinski definition) is 1. The molecule has 0 radical (unpaired) electrons. The number of hydrogen-bond acceptors (Lipinski definition) is 3. The van der Waals surface area contributed by atoms with Crippen molar-refractivity contribution in [3.63, 3.8) is 0 Å². The van der Waals surface area contributed by atoms with Crippen LogP contribution >= 0.6 is 0 Å². The van der Waals surface area contributed by atoms with Crippen molar-refractivity contribution in [1.82, 2.24) is 0 Å². The van der Waals surface area contributed by atoms with Gasteiger partial charge in [0.1, 0.15) is 18.9 Å². The predicted octanol–water partition coefficient (Wildman–Crippen LogP) is 0.759. The first-order chi connectivity index (χ1) is 8.09. The minimum atomic E-state index is -0.335. The van der Waals surface area contributed by atoms with Gasteiger partial charge in [-0.25, -0.2) is 4.79 Å². The van der Waals surface area contributed by atoms with E-state index >= 15 is 0 Å². The number of likely N-dealkylation sites (N-methyl/N-ethyl adjacent to an activating group) is 1. The zero-order valence-corrected chi connectivity index (χ0v) is 10.6. The number of quaternary nitrogens is 1. The van der Waals surface area contributed by atoms with Gasteiger partial charge < -0.3 is 14.1 Å². The molecule has 0 spiro atoms. The summed E-state index contributed by atoms with van der Waals surface area (Å²) in [5, 5.41) is 0. The van der Waals surface area contributed by atoms with Gasteiger partial charge in [-0.1, -0.05) is 0 Å². The van der Waals surface area contributed by atoms with Gasteiger partial charge in [0.05, 0.1) is 19.4 Å². The van der Waals surface area contributed by atoms with Gasteiger partial charge >= 0.3 is 5.97 Å². The number of nitrogens with one attached hydrogen (secondary N) is 1. The van der Waals surface area contributed by atoms with Crippen LogP contribution in [0.2, 0.25) is 0 Å². The second-order valence-electron chi connectivity index (χ2n) is 4.27. The van der Waals surface area contributed by atoms with Crippen molar-refractivity contribution < 1.29 is 18.8 Å². The highest BCUT2D eigenvalue weighted by molar-refractivity contribution is 5.86. The quantitative estimate of drug-likeness (QED) is 0.588. The van der Waals surface area contributed by atoms with Crippen LogP contribution in [0.3, 0.4) is 0 Å². The fourth-order valence-corrected chi connectivity index (χ4v) is 1.19. The van der Waals surface area contributed by atoms with Gasteiger partial charge in [-0.05, 0) is 32.1 Å². The largest absolute Gasteiger partial charge is 0.465 e. The summed E-state index contributed by atoms with van der Waals surface area (Å²) in [5.41, 5.74) is 0. The highest BCUT2D eigenvalue weighted by atomic mass is 16.5. The Morgan fingerprint density at radius 2 is 2.35 bits per heavy atom. The van der Waals surface area contributed by atoms with Crippen molar-refractivity contribution >= 4 is 12.0 Å². The van der Waals surface area contributed by atoms with Crippen LogP contribution in [0.1, 0.15) is 19.6 Å². The molecule has 0 saturated carbocycles. The van der Waals surface area contributed by atoms with Crippen LogP contribution in [-0.4, -0.2) is 32.2 Å². The van der Waals surface area contributed by atoms with Gasteiger partial charge in [-0.3, -0.25) is 0 Å². The van der Waals surface area contributed by atoms with Crippen molar-refractivity contribution in [2.75, 3.05) is 20.2 Å². The SMILES string of the molecule is CC(C)[NH+](C)CCOC(=O)/C=C/c1ccco1. The summed E-state index contributed by atoms with van der Waals surface area (Å²) in [5.74, 6) is 0.310. The lowest BCUT2D eigenvalue weighted by molar-refractivity contribution is -0.901. The fourth-order valence-electron chi connectivity index (χ4n) is 1.19. The van der Waals surface area contributed by atoms with E-state index in [-0.39, 0.29) is 5.97 Å². The van der Waals surface area contributed by atoms with E-state index in [1.54, 1.807) is 24.5 Å². The summed E-state index contributed by atoms with van der Waals surface area (Å²) < 4.78 is 10.1. The van der Waals surface area contributed by atoms with Crippen LogP contribution < -0.4 is 4.90 Å². The van der Waals surface area contributed by atoms with E-state index in [9.17, 15) is 4.79 Å². The van der Waals surface area contributed by atoms with Crippen LogP contribution in [0, 0.1) is 0 Å². The molecular formula is C13H20NO3+. The van der Waals surface area contributed by atoms with Gasteiger partial charge in [-0.2, -0.15) is 0 Å². The summed E-state index contributed by atoms with van der Waals surface area (Å²) in [7, 11) is 2.08. The standard InChI is InChI=1S/C13H19NO3/c1-11(2)14(3)8-10-17-13(15)7-6-12-5-4-9-16-12/h4-7,9,11H,8,10H2,1-3H3/p+1/b7-6+. The second-order valence-corrected chi connectivity index (χ2v) is 4.27. The number of furan rings is 1. The Bertz CT molecular complexity index is 355. The molecule has 4 heteroatoms. The second kappa shape index (κ2) is 6.91. The Balaban J connectivity index is 2.22. The lowest BCUT2D eigenvalue weighted by atomic mass is 10.3. The molecule has 0 aliphatic rings. The third kappa shape index (κ3) is 5.36. The smallest absolute Gasteiger partial charge is 0.331 e. The first-order valence-electron chi connectivity index (χ1n) is 5.80. The lowest BCUT2D eigenvalue weighted by Crippen LogP contribution is -3.12. The minimum Gasteiger partial charge on any atom is -0.465 e. The average Bonchev–Trinajstić information content (AvgIpc) is 2.78. The Hall–Kier alpha value is -1.55. The molecule has 1 aromatic rings. The van der Waals surface area contributed by atoms with Crippen molar-refractivity contribution in [3.05, 3.63) is 30.2 Å². The molecule has 0 fully saturated rings. The van der Waals surface area contributed by atoms with Crippen LogP contribution in [0.4, 0.5) is 0 Å². The van der Waals surface area contributed by atoms with Gasteiger partial charge in [0.2, 0.25) is 0 Å². The summed E-state index contributed by atoms with van der Waals surface area (Å²) in [6.45, 7) is 5.52. The Kier molecular flexibility index (Phi) is 5.49. The van der Waals surface area contributed by atoms with Crippen molar-refractivity contribution in [3.8, 4) is 0 Å². The fraction of sp³-hybridized carbons (Fsp3) is 0.462. The molecule has 1 heterocycles. The topological polar surface area (TPSA) is 43.9 Å². The van der Waals surface area contributed by atoms with Crippen molar-refractivity contribution in [1.29, 1.82) is 0 Å². The zero-order chi connectivity index (χ0) is 12.7. The summed E-state index contributed by atoms with van der Waals surface area (Å²) in [6.07, 6.45) is 4.54. The normalized spacial score (nSPS) is 13.2. The van der Waals surface area contributed by atoms with E-state index in [0.29, 0.717) is 18.4 Å². The summed E-state index contributed by atoms with van der Waals surface area (Å²) in [6, 6.07) is 4.08. The van der Waals surface area contributed by atoms with E-state index in [2.05, 4.69) is 20.9 Å². The molecule has 1 N–H and O–H groups in total. The molecule has 1 unspecified atom stereocenters. The third-order valence-electron chi connectivity index (χ3n) is 2.65. The molecule has 0 saturated heterocycles. The molecular weight excluding hydrogens is 218 g/mol. The van der Waals surface area contributed by atoms with E-state index in [1.165, 1.54) is 11.0 Å². The molecule has 1 rings (SSSR count). The number of carbonyl (C=O) groups excluding carboxylic acids is 1. The van der Waals surface area contributed by atoms with Crippen LogP contribution in [-0.2, 0) is 9.53 Å². The number of rotatable bonds is 6. The van der Waals surface area contributed by atoms with Gasteiger partial charge in [0.15, 0.2) is 0 Å². The first-order valence-corrected chi connectivity index (χ1v) is 5.80. The average molecular weight is 238 g/mol. The maximum Gasteiger partial charge on any atom is 0.331 e. The van der Waals surface area contributed by atoms with Crippen molar-refractivity contribution in [2.24, 2.45) is 0 Å². The summed E-state index contributed by atoms with van der Waals surface area (Å²) in [4.78, 5) is 12.7. The molecule has 4 nitrogen and oxygen atoms in total. The zero-order valence-electron chi connectivity index (χ0n) is 10.6.